The van der Waals surface area contributed by atoms with E-state index in [1.165, 1.54) is 6.07 Å². The van der Waals surface area contributed by atoms with Crippen LogP contribution < -0.4 is 5.73 Å². The van der Waals surface area contributed by atoms with Gasteiger partial charge in [-0.15, -0.1) is 0 Å². The summed E-state index contributed by atoms with van der Waals surface area (Å²) in [6, 6.07) is 2.04. The highest BCUT2D eigenvalue weighted by Crippen LogP contribution is 2.20. The first-order chi connectivity index (χ1) is 7.11. The molecule has 1 aromatic carbocycles. The van der Waals surface area contributed by atoms with Gasteiger partial charge in [-0.25, -0.2) is 13.8 Å². The molecule has 0 saturated carbocycles. The number of imidazole rings is 1. The molecule has 0 amide bonds. The Bertz CT molecular complexity index is 493. The minimum Gasteiger partial charge on any atom is -0.342 e. The van der Waals surface area contributed by atoms with Crippen LogP contribution in [0.1, 0.15) is 18.7 Å². The van der Waals surface area contributed by atoms with Crippen molar-refractivity contribution in [2.75, 3.05) is 6.54 Å². The summed E-state index contributed by atoms with van der Waals surface area (Å²) in [5.74, 6) is -0.691. The summed E-state index contributed by atoms with van der Waals surface area (Å²) < 4.78 is 26.2. The van der Waals surface area contributed by atoms with Gasteiger partial charge in [0.25, 0.3) is 0 Å². The molecule has 1 atom stereocenters. The highest BCUT2D eigenvalue weighted by molar-refractivity contribution is 5.75. The fourth-order valence-electron chi connectivity index (χ4n) is 1.41. The van der Waals surface area contributed by atoms with Crippen LogP contribution in [0.25, 0.3) is 11.0 Å². The Balaban J connectivity index is 2.60. The molecule has 0 spiro atoms. The largest absolute Gasteiger partial charge is 0.342 e. The third-order valence-electron chi connectivity index (χ3n) is 2.34. The lowest BCUT2D eigenvalue weighted by Crippen LogP contribution is -2.10. The second kappa shape index (κ2) is 3.58. The molecule has 0 fully saturated rings. The summed E-state index contributed by atoms with van der Waals surface area (Å²) in [7, 11) is 0. The first kappa shape index (κ1) is 10.0. The topological polar surface area (TPSA) is 54.7 Å². The summed E-state index contributed by atoms with van der Waals surface area (Å²) in [5, 5.41) is 0. The van der Waals surface area contributed by atoms with Gasteiger partial charge in [0, 0.05) is 18.5 Å². The Kier molecular flexibility index (Phi) is 2.40. The van der Waals surface area contributed by atoms with E-state index in [0.717, 1.165) is 6.07 Å². The van der Waals surface area contributed by atoms with E-state index in [1.54, 1.807) is 0 Å². The minimum atomic E-state index is -0.656. The molecule has 3 nitrogen and oxygen atoms in total. The lowest BCUT2D eigenvalue weighted by molar-refractivity contribution is 0.590. The molecule has 80 valence electrons. The lowest BCUT2D eigenvalue weighted by Gasteiger charge is -2.01. The Morgan fingerprint density at radius 1 is 1.47 bits per heavy atom. The average Bonchev–Trinajstić information content (AvgIpc) is 2.60. The summed E-state index contributed by atoms with van der Waals surface area (Å²) in [6.07, 6.45) is 0. The van der Waals surface area contributed by atoms with Gasteiger partial charge in [-0.1, -0.05) is 6.92 Å². The monoisotopic (exact) mass is 211 g/mol. The van der Waals surface area contributed by atoms with Crippen LogP contribution in [0.3, 0.4) is 0 Å². The summed E-state index contributed by atoms with van der Waals surface area (Å²) in [6.45, 7) is 2.27. The third-order valence-corrected chi connectivity index (χ3v) is 2.34. The van der Waals surface area contributed by atoms with Crippen molar-refractivity contribution < 1.29 is 8.78 Å². The maximum atomic E-state index is 13.3. The predicted octanol–water partition coefficient (Wildman–Crippen LogP) is 1.90. The number of halogens is 2. The van der Waals surface area contributed by atoms with Crippen LogP contribution in [-0.4, -0.2) is 16.5 Å². The van der Waals surface area contributed by atoms with Crippen molar-refractivity contribution in [3.05, 3.63) is 29.6 Å². The molecule has 1 unspecified atom stereocenters. The fraction of sp³-hybridized carbons (Fsp3) is 0.300. The standard InChI is InChI=1S/C10H11F2N3/c1-5(4-13)10-14-8-3-6(11)2-7(12)9(8)15-10/h2-3,5H,4,13H2,1H3,(H,14,15). The molecule has 15 heavy (non-hydrogen) atoms. The van der Waals surface area contributed by atoms with E-state index in [9.17, 15) is 8.78 Å². The molecule has 2 rings (SSSR count). The minimum absolute atomic E-state index is 0.000128. The third kappa shape index (κ3) is 1.70. The number of H-pyrrole nitrogens is 1. The number of aromatic amines is 1. The van der Waals surface area contributed by atoms with Crippen LogP contribution in [0.2, 0.25) is 0 Å². The van der Waals surface area contributed by atoms with Crippen LogP contribution in [0, 0.1) is 11.6 Å². The molecule has 1 heterocycles. The van der Waals surface area contributed by atoms with E-state index in [2.05, 4.69) is 9.97 Å². The van der Waals surface area contributed by atoms with Gasteiger partial charge in [0.05, 0.1) is 5.52 Å². The number of nitrogens with two attached hydrogens (primary N) is 1. The normalized spacial score (nSPS) is 13.3. The molecule has 0 aliphatic carbocycles. The number of nitrogens with one attached hydrogen (secondary N) is 1. The van der Waals surface area contributed by atoms with Crippen molar-refractivity contribution >= 4 is 11.0 Å². The first-order valence-electron chi connectivity index (χ1n) is 4.66. The van der Waals surface area contributed by atoms with Crippen LogP contribution in [0.4, 0.5) is 8.78 Å². The van der Waals surface area contributed by atoms with E-state index in [4.69, 9.17) is 5.73 Å². The molecule has 0 aliphatic heterocycles. The quantitative estimate of drug-likeness (QED) is 0.797. The van der Waals surface area contributed by atoms with Crippen molar-refractivity contribution in [3.8, 4) is 0 Å². The molecule has 0 aliphatic rings. The average molecular weight is 211 g/mol. The van der Waals surface area contributed by atoms with Crippen LogP contribution in [0.5, 0.6) is 0 Å². The van der Waals surface area contributed by atoms with Crippen molar-refractivity contribution in [3.63, 3.8) is 0 Å². The van der Waals surface area contributed by atoms with Crippen LogP contribution in [0.15, 0.2) is 12.1 Å². The van der Waals surface area contributed by atoms with E-state index in [0.29, 0.717) is 17.9 Å². The Labute approximate surface area is 85.3 Å². The second-order valence-corrected chi connectivity index (χ2v) is 3.54. The highest BCUT2D eigenvalue weighted by atomic mass is 19.1. The number of aromatic nitrogens is 2. The first-order valence-corrected chi connectivity index (χ1v) is 4.66. The fourth-order valence-corrected chi connectivity index (χ4v) is 1.41. The molecule has 5 heteroatoms. The Hall–Kier alpha value is -1.49. The molecule has 1 aromatic heterocycles. The van der Waals surface area contributed by atoms with Crippen LogP contribution in [-0.2, 0) is 0 Å². The van der Waals surface area contributed by atoms with E-state index >= 15 is 0 Å². The number of hydrogen-bond donors (Lipinski definition) is 2. The number of fused-ring (bicyclic) bond motifs is 1. The Morgan fingerprint density at radius 2 is 2.20 bits per heavy atom. The summed E-state index contributed by atoms with van der Waals surface area (Å²) in [5.41, 5.74) is 5.99. The van der Waals surface area contributed by atoms with E-state index in [-0.39, 0.29) is 11.4 Å². The molecule has 0 radical (unpaired) electrons. The zero-order chi connectivity index (χ0) is 11.0. The molecule has 0 saturated heterocycles. The molecular weight excluding hydrogens is 200 g/mol. The maximum absolute atomic E-state index is 13.3. The number of rotatable bonds is 2. The van der Waals surface area contributed by atoms with Crippen molar-refractivity contribution in [2.45, 2.75) is 12.8 Å². The second-order valence-electron chi connectivity index (χ2n) is 3.54. The van der Waals surface area contributed by atoms with Gasteiger partial charge in [0.1, 0.15) is 17.2 Å². The van der Waals surface area contributed by atoms with Gasteiger partial charge in [-0.3, -0.25) is 0 Å². The van der Waals surface area contributed by atoms with Gasteiger partial charge in [-0.05, 0) is 6.07 Å². The van der Waals surface area contributed by atoms with Crippen LogP contribution >= 0.6 is 0 Å². The van der Waals surface area contributed by atoms with Gasteiger partial charge in [0.15, 0.2) is 5.82 Å². The van der Waals surface area contributed by atoms with Gasteiger partial charge >= 0.3 is 0 Å². The number of nitrogens with zero attached hydrogens (tertiary/aromatic N) is 1. The van der Waals surface area contributed by atoms with E-state index in [1.807, 2.05) is 6.92 Å². The molecule has 2 aromatic rings. The zero-order valence-electron chi connectivity index (χ0n) is 8.22. The van der Waals surface area contributed by atoms with Crippen molar-refractivity contribution in [1.82, 2.24) is 9.97 Å². The molecule has 0 bridgehead atoms. The van der Waals surface area contributed by atoms with Gasteiger partial charge in [0.2, 0.25) is 0 Å². The van der Waals surface area contributed by atoms with Gasteiger partial charge in [-0.2, -0.15) is 0 Å². The maximum Gasteiger partial charge on any atom is 0.153 e. The predicted molar refractivity (Wildman–Crippen MR) is 53.5 cm³/mol. The number of hydrogen-bond acceptors (Lipinski definition) is 2. The zero-order valence-corrected chi connectivity index (χ0v) is 8.22. The lowest BCUT2D eigenvalue weighted by atomic mass is 10.2. The SMILES string of the molecule is CC(CN)c1nc2c(F)cc(F)cc2[nH]1. The molecular formula is C10H11F2N3. The van der Waals surface area contributed by atoms with Gasteiger partial charge < -0.3 is 10.7 Å². The smallest absolute Gasteiger partial charge is 0.153 e. The summed E-state index contributed by atoms with van der Waals surface area (Å²) in [4.78, 5) is 6.90. The molecule has 3 N–H and O–H groups in total. The van der Waals surface area contributed by atoms with Crippen molar-refractivity contribution in [2.24, 2.45) is 5.73 Å². The highest BCUT2D eigenvalue weighted by Gasteiger charge is 2.12. The summed E-state index contributed by atoms with van der Waals surface area (Å²) >= 11 is 0. The van der Waals surface area contributed by atoms with E-state index < -0.39 is 11.6 Å². The van der Waals surface area contributed by atoms with Crippen molar-refractivity contribution in [1.29, 1.82) is 0 Å². The Morgan fingerprint density at radius 3 is 2.87 bits per heavy atom. The number of benzene rings is 1.